The molecule has 0 saturated heterocycles. The maximum atomic E-state index is 10.6. The number of aromatic carboxylic acids is 1. The Morgan fingerprint density at radius 3 is 2.44 bits per heavy atom. The normalized spacial score (nSPS) is 10.5. The van der Waals surface area contributed by atoms with E-state index in [-0.39, 0.29) is 17.7 Å². The highest BCUT2D eigenvalue weighted by atomic mass is 16.4. The van der Waals surface area contributed by atoms with Crippen LogP contribution in [0.3, 0.4) is 0 Å². The lowest BCUT2D eigenvalue weighted by Crippen LogP contribution is -1.95. The molecule has 0 aliphatic rings. The molecule has 0 atom stereocenters. The van der Waals surface area contributed by atoms with Crippen molar-refractivity contribution in [1.29, 1.82) is 0 Å². The van der Waals surface area contributed by atoms with E-state index < -0.39 is 11.9 Å². The zero-order valence-electron chi connectivity index (χ0n) is 8.25. The SMILES string of the molecule is O=C(O)CC=Cc1ccc(C(=O)O)cc1O. The van der Waals surface area contributed by atoms with Gasteiger partial charge in [-0.1, -0.05) is 18.2 Å². The third kappa shape index (κ3) is 3.13. The van der Waals surface area contributed by atoms with E-state index in [1.807, 2.05) is 0 Å². The maximum absolute atomic E-state index is 10.6. The minimum atomic E-state index is -1.13. The van der Waals surface area contributed by atoms with Crippen molar-refractivity contribution in [2.45, 2.75) is 6.42 Å². The highest BCUT2D eigenvalue weighted by Gasteiger charge is 2.05. The second-order valence-electron chi connectivity index (χ2n) is 3.08. The fourth-order valence-corrected chi connectivity index (χ4v) is 1.10. The molecule has 0 saturated carbocycles. The molecule has 0 fully saturated rings. The first-order valence-electron chi connectivity index (χ1n) is 4.45. The van der Waals surface area contributed by atoms with Gasteiger partial charge in [0.2, 0.25) is 0 Å². The Morgan fingerprint density at radius 1 is 1.25 bits per heavy atom. The lowest BCUT2D eigenvalue weighted by molar-refractivity contribution is -0.135. The molecule has 0 bridgehead atoms. The molecule has 1 aromatic carbocycles. The van der Waals surface area contributed by atoms with Crippen molar-refractivity contribution in [2.24, 2.45) is 0 Å². The van der Waals surface area contributed by atoms with Gasteiger partial charge in [-0.15, -0.1) is 0 Å². The van der Waals surface area contributed by atoms with Crippen LogP contribution in [-0.4, -0.2) is 27.3 Å². The van der Waals surface area contributed by atoms with Gasteiger partial charge in [-0.3, -0.25) is 4.79 Å². The molecular formula is C11H10O5. The summed E-state index contributed by atoms with van der Waals surface area (Å²) in [5, 5.41) is 26.5. The maximum Gasteiger partial charge on any atom is 0.335 e. The number of carbonyl (C=O) groups is 2. The van der Waals surface area contributed by atoms with Crippen LogP contribution in [0.1, 0.15) is 22.3 Å². The van der Waals surface area contributed by atoms with Crippen molar-refractivity contribution in [3.8, 4) is 5.75 Å². The largest absolute Gasteiger partial charge is 0.507 e. The average Bonchev–Trinajstić information content (AvgIpc) is 2.19. The van der Waals surface area contributed by atoms with Crippen molar-refractivity contribution >= 4 is 18.0 Å². The molecule has 84 valence electrons. The summed E-state index contributed by atoms with van der Waals surface area (Å²) in [4.78, 5) is 20.8. The summed E-state index contributed by atoms with van der Waals surface area (Å²) < 4.78 is 0. The van der Waals surface area contributed by atoms with Gasteiger partial charge in [0.15, 0.2) is 0 Å². The Hall–Kier alpha value is -2.30. The number of aliphatic carboxylic acids is 1. The number of hydrogen-bond donors (Lipinski definition) is 3. The van der Waals surface area contributed by atoms with E-state index in [2.05, 4.69) is 0 Å². The van der Waals surface area contributed by atoms with Gasteiger partial charge in [0, 0.05) is 5.56 Å². The van der Waals surface area contributed by atoms with Crippen molar-refractivity contribution in [1.82, 2.24) is 0 Å². The Labute approximate surface area is 91.3 Å². The molecule has 5 heteroatoms. The molecule has 1 rings (SSSR count). The third-order valence-corrected chi connectivity index (χ3v) is 1.87. The number of aromatic hydroxyl groups is 1. The van der Waals surface area contributed by atoms with Crippen molar-refractivity contribution < 1.29 is 24.9 Å². The molecule has 16 heavy (non-hydrogen) atoms. The summed E-state index contributed by atoms with van der Waals surface area (Å²) in [6.45, 7) is 0. The highest BCUT2D eigenvalue weighted by molar-refractivity contribution is 5.88. The van der Waals surface area contributed by atoms with Crippen LogP contribution < -0.4 is 0 Å². The Morgan fingerprint density at radius 2 is 1.94 bits per heavy atom. The predicted octanol–water partition coefficient (Wildman–Crippen LogP) is 1.58. The van der Waals surface area contributed by atoms with Crippen LogP contribution in [0.4, 0.5) is 0 Å². The number of rotatable bonds is 4. The van der Waals surface area contributed by atoms with E-state index in [1.165, 1.54) is 24.3 Å². The molecule has 3 N–H and O–H groups in total. The smallest absolute Gasteiger partial charge is 0.335 e. The zero-order valence-corrected chi connectivity index (χ0v) is 8.25. The topological polar surface area (TPSA) is 94.8 Å². The van der Waals surface area contributed by atoms with Crippen molar-refractivity contribution in [3.63, 3.8) is 0 Å². The van der Waals surface area contributed by atoms with Crippen LogP contribution in [0, 0.1) is 0 Å². The minimum Gasteiger partial charge on any atom is -0.507 e. The second kappa shape index (κ2) is 4.97. The van der Waals surface area contributed by atoms with Gasteiger partial charge < -0.3 is 15.3 Å². The van der Waals surface area contributed by atoms with Crippen LogP contribution >= 0.6 is 0 Å². The molecule has 0 unspecified atom stereocenters. The minimum absolute atomic E-state index is 0.0205. The molecule has 0 amide bonds. The molecule has 0 aliphatic heterocycles. The lowest BCUT2D eigenvalue weighted by Gasteiger charge is -2.00. The first kappa shape index (κ1) is 11.8. The number of hydrogen-bond acceptors (Lipinski definition) is 3. The predicted molar refractivity (Wildman–Crippen MR) is 56.4 cm³/mol. The average molecular weight is 222 g/mol. The number of benzene rings is 1. The number of carboxylic acids is 2. The first-order valence-corrected chi connectivity index (χ1v) is 4.45. The van der Waals surface area contributed by atoms with Gasteiger partial charge >= 0.3 is 11.9 Å². The molecule has 0 spiro atoms. The molecule has 0 aliphatic carbocycles. The van der Waals surface area contributed by atoms with Gasteiger partial charge in [-0.05, 0) is 12.1 Å². The number of carboxylic acid groups (broad SMARTS) is 2. The van der Waals surface area contributed by atoms with E-state index in [9.17, 15) is 14.7 Å². The second-order valence-corrected chi connectivity index (χ2v) is 3.08. The van der Waals surface area contributed by atoms with Gasteiger partial charge in [0.25, 0.3) is 0 Å². The van der Waals surface area contributed by atoms with E-state index in [4.69, 9.17) is 10.2 Å². The summed E-state index contributed by atoms with van der Waals surface area (Å²) in [6, 6.07) is 3.86. The third-order valence-electron chi connectivity index (χ3n) is 1.87. The summed E-state index contributed by atoms with van der Waals surface area (Å²) >= 11 is 0. The number of phenols is 1. The molecule has 0 heterocycles. The van der Waals surface area contributed by atoms with Crippen molar-refractivity contribution in [3.05, 3.63) is 35.4 Å². The summed E-state index contributed by atoms with van der Waals surface area (Å²) in [7, 11) is 0. The van der Waals surface area contributed by atoms with Crippen LogP contribution in [0.25, 0.3) is 6.08 Å². The molecule has 0 radical (unpaired) electrons. The summed E-state index contributed by atoms with van der Waals surface area (Å²) in [5.41, 5.74) is 0.360. The Balaban J connectivity index is 2.87. The highest BCUT2D eigenvalue weighted by Crippen LogP contribution is 2.20. The van der Waals surface area contributed by atoms with E-state index in [1.54, 1.807) is 0 Å². The Bertz CT molecular complexity index is 448. The Kier molecular flexibility index (Phi) is 3.66. The van der Waals surface area contributed by atoms with Crippen LogP contribution in [0.15, 0.2) is 24.3 Å². The van der Waals surface area contributed by atoms with Gasteiger partial charge in [0.1, 0.15) is 5.75 Å². The fourth-order valence-electron chi connectivity index (χ4n) is 1.10. The zero-order chi connectivity index (χ0) is 12.1. The van der Waals surface area contributed by atoms with Crippen LogP contribution in [0.2, 0.25) is 0 Å². The van der Waals surface area contributed by atoms with Gasteiger partial charge in [-0.25, -0.2) is 4.79 Å². The van der Waals surface area contributed by atoms with Crippen molar-refractivity contribution in [2.75, 3.05) is 0 Å². The molecule has 5 nitrogen and oxygen atoms in total. The lowest BCUT2D eigenvalue weighted by atomic mass is 10.1. The van der Waals surface area contributed by atoms with E-state index in [0.717, 1.165) is 6.07 Å². The van der Waals surface area contributed by atoms with Crippen LogP contribution in [-0.2, 0) is 4.79 Å². The summed E-state index contributed by atoms with van der Waals surface area (Å²) in [5.74, 6) is -2.30. The van der Waals surface area contributed by atoms with Gasteiger partial charge in [0.05, 0.1) is 12.0 Å². The monoisotopic (exact) mass is 222 g/mol. The van der Waals surface area contributed by atoms with Crippen LogP contribution in [0.5, 0.6) is 5.75 Å². The number of phenolic OH excluding ortho intramolecular Hbond substituents is 1. The van der Waals surface area contributed by atoms with Gasteiger partial charge in [-0.2, -0.15) is 0 Å². The standard InChI is InChI=1S/C11H10O5/c12-9-6-8(11(15)16)5-4-7(9)2-1-3-10(13)14/h1-2,4-6,12H,3H2,(H,13,14)(H,15,16). The molecule has 1 aromatic rings. The van der Waals surface area contributed by atoms with E-state index in [0.29, 0.717) is 5.56 Å². The molecular weight excluding hydrogens is 212 g/mol. The fraction of sp³-hybridized carbons (Fsp3) is 0.0909. The first-order chi connectivity index (χ1) is 7.50. The quantitative estimate of drug-likeness (QED) is 0.718. The molecule has 0 aromatic heterocycles. The summed E-state index contributed by atoms with van der Waals surface area (Å²) in [6.07, 6.45) is 2.65. The van der Waals surface area contributed by atoms with E-state index >= 15 is 0 Å².